The Morgan fingerprint density at radius 2 is 1.23 bits per heavy atom. The SMILES string of the molecule is CCCCSCCCC.OP(O)O. The van der Waals surface area contributed by atoms with Crippen molar-refractivity contribution in [2.24, 2.45) is 0 Å². The summed E-state index contributed by atoms with van der Waals surface area (Å²) in [6.45, 7) is 4.50. The van der Waals surface area contributed by atoms with Gasteiger partial charge >= 0.3 is 8.60 Å². The van der Waals surface area contributed by atoms with Crippen LogP contribution in [0.25, 0.3) is 0 Å². The average molecular weight is 228 g/mol. The molecule has 0 saturated heterocycles. The molecule has 3 N–H and O–H groups in total. The number of rotatable bonds is 6. The Labute approximate surface area is 86.6 Å². The van der Waals surface area contributed by atoms with E-state index < -0.39 is 8.60 Å². The summed E-state index contributed by atoms with van der Waals surface area (Å²) in [7, 11) is -2.62. The first kappa shape index (κ1) is 16.1. The van der Waals surface area contributed by atoms with E-state index in [9.17, 15) is 0 Å². The van der Waals surface area contributed by atoms with Gasteiger partial charge in [-0.3, -0.25) is 0 Å². The van der Waals surface area contributed by atoms with E-state index in [0.717, 1.165) is 0 Å². The van der Waals surface area contributed by atoms with Gasteiger partial charge in [-0.2, -0.15) is 11.8 Å². The number of hydrogen-bond acceptors (Lipinski definition) is 4. The lowest BCUT2D eigenvalue weighted by atomic mass is 10.4. The van der Waals surface area contributed by atoms with Crippen LogP contribution in [0.5, 0.6) is 0 Å². The van der Waals surface area contributed by atoms with E-state index in [1.165, 1.54) is 37.2 Å². The molecule has 0 bridgehead atoms. The summed E-state index contributed by atoms with van der Waals surface area (Å²) in [5, 5.41) is 0. The van der Waals surface area contributed by atoms with Crippen LogP contribution in [-0.4, -0.2) is 26.2 Å². The Kier molecular flexibility index (Phi) is 18.8. The van der Waals surface area contributed by atoms with Crippen LogP contribution < -0.4 is 0 Å². The highest BCUT2D eigenvalue weighted by Crippen LogP contribution is 2.11. The number of unbranched alkanes of at least 4 members (excludes halogenated alkanes) is 2. The molecule has 0 aliphatic carbocycles. The normalized spacial score (nSPS) is 9.69. The fourth-order valence-corrected chi connectivity index (χ4v) is 1.78. The number of hydrogen-bond donors (Lipinski definition) is 3. The molecule has 0 aliphatic rings. The molecule has 0 unspecified atom stereocenters. The Morgan fingerprint density at radius 1 is 0.923 bits per heavy atom. The van der Waals surface area contributed by atoms with Crippen molar-refractivity contribution in [1.82, 2.24) is 0 Å². The van der Waals surface area contributed by atoms with Gasteiger partial charge in [0.1, 0.15) is 0 Å². The zero-order valence-corrected chi connectivity index (χ0v) is 10.2. The topological polar surface area (TPSA) is 60.7 Å². The van der Waals surface area contributed by atoms with Gasteiger partial charge in [-0.05, 0) is 24.3 Å². The van der Waals surface area contributed by atoms with Crippen molar-refractivity contribution in [3.63, 3.8) is 0 Å². The zero-order valence-electron chi connectivity index (χ0n) is 8.44. The van der Waals surface area contributed by atoms with E-state index in [0.29, 0.717) is 0 Å². The van der Waals surface area contributed by atoms with Crippen molar-refractivity contribution in [2.75, 3.05) is 11.5 Å². The van der Waals surface area contributed by atoms with Gasteiger partial charge in [-0.1, -0.05) is 26.7 Å². The first-order chi connectivity index (χ1) is 6.15. The molecule has 0 fully saturated rings. The van der Waals surface area contributed by atoms with Gasteiger partial charge in [-0.15, -0.1) is 0 Å². The first-order valence-corrected chi connectivity index (χ1v) is 6.95. The van der Waals surface area contributed by atoms with Crippen LogP contribution in [0.2, 0.25) is 0 Å². The number of thioether (sulfide) groups is 1. The second-order valence-electron chi connectivity index (χ2n) is 2.59. The largest absolute Gasteiger partial charge is 0.328 e. The predicted octanol–water partition coefficient (Wildman–Crippen LogP) is 2.51. The molecule has 13 heavy (non-hydrogen) atoms. The minimum Gasteiger partial charge on any atom is -0.328 e. The second kappa shape index (κ2) is 15.1. The highest BCUT2D eigenvalue weighted by atomic mass is 32.2. The Bertz CT molecular complexity index is 75.0. The molecule has 0 atom stereocenters. The van der Waals surface area contributed by atoms with E-state index in [-0.39, 0.29) is 0 Å². The zero-order chi connectivity index (χ0) is 10.5. The molecule has 0 aromatic rings. The lowest BCUT2D eigenvalue weighted by molar-refractivity contribution is 0.368. The lowest BCUT2D eigenvalue weighted by Crippen LogP contribution is -1.81. The summed E-state index contributed by atoms with van der Waals surface area (Å²) < 4.78 is 0. The molecular weight excluding hydrogens is 207 g/mol. The van der Waals surface area contributed by atoms with E-state index in [4.69, 9.17) is 14.7 Å². The first-order valence-electron chi connectivity index (χ1n) is 4.59. The van der Waals surface area contributed by atoms with Crippen molar-refractivity contribution < 1.29 is 14.7 Å². The van der Waals surface area contributed by atoms with Crippen molar-refractivity contribution in [3.05, 3.63) is 0 Å². The van der Waals surface area contributed by atoms with Gasteiger partial charge < -0.3 is 14.7 Å². The summed E-state index contributed by atoms with van der Waals surface area (Å²) >= 11 is 2.10. The quantitative estimate of drug-likeness (QED) is 0.483. The minimum absolute atomic E-state index is 1.35. The molecule has 0 saturated carbocycles. The van der Waals surface area contributed by atoms with Crippen LogP contribution in [0.1, 0.15) is 39.5 Å². The monoisotopic (exact) mass is 228 g/mol. The summed E-state index contributed by atoms with van der Waals surface area (Å²) in [5.74, 6) is 2.74. The van der Waals surface area contributed by atoms with Crippen LogP contribution in [0, 0.1) is 0 Å². The third-order valence-electron chi connectivity index (χ3n) is 1.28. The van der Waals surface area contributed by atoms with Crippen LogP contribution in [0.3, 0.4) is 0 Å². The van der Waals surface area contributed by atoms with Gasteiger partial charge in [0.2, 0.25) is 0 Å². The van der Waals surface area contributed by atoms with E-state index in [1.807, 2.05) is 0 Å². The van der Waals surface area contributed by atoms with Gasteiger partial charge in [0, 0.05) is 0 Å². The standard InChI is InChI=1S/C8H18S.H3O3P/c1-3-5-7-9-8-6-4-2;1-4(2)3/h3-8H2,1-2H3;1-3H. The molecule has 3 nitrogen and oxygen atoms in total. The summed E-state index contributed by atoms with van der Waals surface area (Å²) in [5.41, 5.74) is 0. The van der Waals surface area contributed by atoms with Crippen LogP contribution in [-0.2, 0) is 0 Å². The van der Waals surface area contributed by atoms with Crippen molar-refractivity contribution in [1.29, 1.82) is 0 Å². The molecule has 0 aliphatic heterocycles. The lowest BCUT2D eigenvalue weighted by Gasteiger charge is -1.96. The van der Waals surface area contributed by atoms with E-state index >= 15 is 0 Å². The summed E-state index contributed by atoms with van der Waals surface area (Å²) in [4.78, 5) is 21.7. The molecule has 0 aromatic heterocycles. The Morgan fingerprint density at radius 3 is 1.46 bits per heavy atom. The highest BCUT2D eigenvalue weighted by molar-refractivity contribution is 7.99. The maximum absolute atomic E-state index is 7.23. The molecule has 0 spiro atoms. The summed E-state index contributed by atoms with van der Waals surface area (Å²) in [6.07, 6.45) is 5.49. The molecule has 0 radical (unpaired) electrons. The van der Waals surface area contributed by atoms with Gasteiger partial charge in [-0.25, -0.2) is 0 Å². The Hall–Kier alpha value is 0.660. The predicted molar refractivity (Wildman–Crippen MR) is 60.7 cm³/mol. The Balaban J connectivity index is 0. The molecule has 82 valence electrons. The van der Waals surface area contributed by atoms with E-state index in [1.54, 1.807) is 0 Å². The summed E-state index contributed by atoms with van der Waals surface area (Å²) in [6, 6.07) is 0. The van der Waals surface area contributed by atoms with Crippen molar-refractivity contribution in [3.8, 4) is 0 Å². The third-order valence-corrected chi connectivity index (χ3v) is 2.44. The van der Waals surface area contributed by atoms with Crippen LogP contribution >= 0.6 is 20.4 Å². The van der Waals surface area contributed by atoms with Gasteiger partial charge in [0.05, 0.1) is 0 Å². The average Bonchev–Trinajstić information content (AvgIpc) is 2.03. The maximum atomic E-state index is 7.23. The fourth-order valence-electron chi connectivity index (χ4n) is 0.595. The maximum Gasteiger partial charge on any atom is 0.324 e. The van der Waals surface area contributed by atoms with Crippen LogP contribution in [0.15, 0.2) is 0 Å². The second-order valence-corrected chi connectivity index (χ2v) is 4.35. The minimum atomic E-state index is -2.62. The molecule has 5 heteroatoms. The molecule has 0 aromatic carbocycles. The van der Waals surface area contributed by atoms with Gasteiger partial charge in [0.15, 0.2) is 0 Å². The third kappa shape index (κ3) is 32.4. The van der Waals surface area contributed by atoms with Crippen molar-refractivity contribution >= 4 is 20.4 Å². The van der Waals surface area contributed by atoms with Crippen molar-refractivity contribution in [2.45, 2.75) is 39.5 Å². The van der Waals surface area contributed by atoms with Crippen LogP contribution in [0.4, 0.5) is 0 Å². The molecular formula is C8H21O3PS. The molecule has 0 rings (SSSR count). The molecule has 0 amide bonds. The van der Waals surface area contributed by atoms with E-state index in [2.05, 4.69) is 25.6 Å². The smallest absolute Gasteiger partial charge is 0.324 e. The fraction of sp³-hybridized carbons (Fsp3) is 1.00. The highest BCUT2D eigenvalue weighted by Gasteiger charge is 1.85. The molecule has 0 heterocycles. The van der Waals surface area contributed by atoms with Gasteiger partial charge in [0.25, 0.3) is 0 Å².